The number of nitrogens with one attached hydrogen (secondary N) is 1. The molecular weight excluding hydrogens is 357 g/mol. The summed E-state index contributed by atoms with van der Waals surface area (Å²) < 4.78 is 19.7. The second kappa shape index (κ2) is 7.77. The highest BCUT2D eigenvalue weighted by molar-refractivity contribution is 5.93. The van der Waals surface area contributed by atoms with Crippen molar-refractivity contribution in [2.24, 2.45) is 0 Å². The predicted molar refractivity (Wildman–Crippen MR) is 108 cm³/mol. The molecule has 0 spiro atoms. The van der Waals surface area contributed by atoms with Crippen LogP contribution in [0.25, 0.3) is 22.2 Å². The number of morpholine rings is 1. The summed E-state index contributed by atoms with van der Waals surface area (Å²) in [6.07, 6.45) is 6.23. The molecule has 28 heavy (non-hydrogen) atoms. The van der Waals surface area contributed by atoms with Crippen molar-refractivity contribution in [2.75, 3.05) is 38.2 Å². The molecule has 1 aliphatic heterocycles. The average Bonchev–Trinajstić information content (AvgIpc) is 2.68. The maximum atomic E-state index is 14.3. The van der Waals surface area contributed by atoms with E-state index < -0.39 is 5.82 Å². The van der Waals surface area contributed by atoms with Crippen LogP contribution in [0.1, 0.15) is 13.8 Å². The first-order valence-corrected chi connectivity index (χ1v) is 9.45. The van der Waals surface area contributed by atoms with E-state index in [0.717, 1.165) is 49.4 Å². The highest BCUT2D eigenvalue weighted by atomic mass is 19.1. The van der Waals surface area contributed by atoms with Crippen LogP contribution in [0, 0.1) is 5.82 Å². The van der Waals surface area contributed by atoms with Gasteiger partial charge in [-0.3, -0.25) is 14.9 Å². The van der Waals surface area contributed by atoms with E-state index >= 15 is 0 Å². The van der Waals surface area contributed by atoms with Crippen molar-refractivity contribution in [2.45, 2.75) is 19.4 Å². The molecule has 0 unspecified atom stereocenters. The van der Waals surface area contributed by atoms with Gasteiger partial charge in [-0.2, -0.15) is 0 Å². The number of anilines is 1. The monoisotopic (exact) mass is 381 g/mol. The number of hydrogen-bond donors (Lipinski definition) is 1. The SMILES string of the molecule is CC(C)(CN1CCOCC1)Nc1cc(-c2ccncc2F)nc2cnccc12. The second-order valence-corrected chi connectivity index (χ2v) is 7.70. The third-order valence-electron chi connectivity index (χ3n) is 4.86. The lowest BCUT2D eigenvalue weighted by Gasteiger charge is -2.36. The summed E-state index contributed by atoms with van der Waals surface area (Å²) in [6.45, 7) is 8.62. The number of aromatic nitrogens is 3. The highest BCUT2D eigenvalue weighted by Gasteiger charge is 2.24. The van der Waals surface area contributed by atoms with Gasteiger partial charge in [0.25, 0.3) is 0 Å². The number of ether oxygens (including phenoxy) is 1. The van der Waals surface area contributed by atoms with Crippen LogP contribution in [0.2, 0.25) is 0 Å². The van der Waals surface area contributed by atoms with E-state index in [1.54, 1.807) is 24.7 Å². The topological polar surface area (TPSA) is 63.2 Å². The average molecular weight is 381 g/mol. The first-order chi connectivity index (χ1) is 13.5. The Bertz CT molecular complexity index is 972. The summed E-state index contributed by atoms with van der Waals surface area (Å²) in [4.78, 5) is 15.0. The van der Waals surface area contributed by atoms with Crippen LogP contribution in [0.4, 0.5) is 10.1 Å². The summed E-state index contributed by atoms with van der Waals surface area (Å²) in [7, 11) is 0. The number of rotatable bonds is 5. The van der Waals surface area contributed by atoms with E-state index in [0.29, 0.717) is 11.3 Å². The zero-order valence-corrected chi connectivity index (χ0v) is 16.2. The minimum absolute atomic E-state index is 0.192. The number of nitrogens with zero attached hydrogens (tertiary/aromatic N) is 4. The van der Waals surface area contributed by atoms with Crippen LogP contribution < -0.4 is 5.32 Å². The number of pyridine rings is 3. The molecule has 3 aromatic rings. The van der Waals surface area contributed by atoms with Crippen molar-refractivity contribution < 1.29 is 9.13 Å². The molecule has 3 aromatic heterocycles. The normalized spacial score (nSPS) is 15.7. The van der Waals surface area contributed by atoms with E-state index in [1.165, 1.54) is 6.20 Å². The zero-order chi connectivity index (χ0) is 19.6. The Labute approximate surface area is 163 Å². The van der Waals surface area contributed by atoms with E-state index in [4.69, 9.17) is 4.74 Å². The fraction of sp³-hybridized carbons (Fsp3) is 0.381. The zero-order valence-electron chi connectivity index (χ0n) is 16.2. The smallest absolute Gasteiger partial charge is 0.150 e. The molecule has 6 nitrogen and oxygen atoms in total. The Morgan fingerprint density at radius 1 is 1.14 bits per heavy atom. The summed E-state index contributed by atoms with van der Waals surface area (Å²) in [5, 5.41) is 4.61. The lowest BCUT2D eigenvalue weighted by molar-refractivity contribution is 0.0317. The molecule has 1 aliphatic rings. The van der Waals surface area contributed by atoms with Crippen molar-refractivity contribution in [3.05, 3.63) is 48.8 Å². The Morgan fingerprint density at radius 3 is 2.68 bits per heavy atom. The van der Waals surface area contributed by atoms with Gasteiger partial charge in [0.05, 0.1) is 36.8 Å². The molecule has 0 amide bonds. The lowest BCUT2D eigenvalue weighted by Crippen LogP contribution is -2.48. The molecule has 0 aromatic carbocycles. The van der Waals surface area contributed by atoms with Crippen LogP contribution in [0.15, 0.2) is 43.0 Å². The van der Waals surface area contributed by atoms with Crippen LogP contribution >= 0.6 is 0 Å². The largest absolute Gasteiger partial charge is 0.379 e. The van der Waals surface area contributed by atoms with Crippen molar-refractivity contribution >= 4 is 16.6 Å². The Hall–Kier alpha value is -2.64. The van der Waals surface area contributed by atoms with Crippen LogP contribution in [0.3, 0.4) is 0 Å². The molecule has 1 saturated heterocycles. The third kappa shape index (κ3) is 4.10. The van der Waals surface area contributed by atoms with Gasteiger partial charge in [0.2, 0.25) is 0 Å². The minimum Gasteiger partial charge on any atom is -0.379 e. The summed E-state index contributed by atoms with van der Waals surface area (Å²) in [5.41, 5.74) is 2.43. The molecule has 4 heterocycles. The number of halogens is 1. The quantitative estimate of drug-likeness (QED) is 0.731. The van der Waals surface area contributed by atoms with Gasteiger partial charge in [0.1, 0.15) is 0 Å². The molecule has 0 saturated carbocycles. The number of hydrogen-bond acceptors (Lipinski definition) is 6. The second-order valence-electron chi connectivity index (χ2n) is 7.70. The molecule has 0 aliphatic carbocycles. The summed E-state index contributed by atoms with van der Waals surface area (Å²) in [6, 6.07) is 5.48. The van der Waals surface area contributed by atoms with Crippen molar-refractivity contribution in [3.8, 4) is 11.3 Å². The van der Waals surface area contributed by atoms with Gasteiger partial charge in [-0.1, -0.05) is 0 Å². The highest BCUT2D eigenvalue weighted by Crippen LogP contribution is 2.31. The minimum atomic E-state index is -0.392. The van der Waals surface area contributed by atoms with Crippen LogP contribution in [0.5, 0.6) is 0 Å². The molecule has 1 fully saturated rings. The van der Waals surface area contributed by atoms with Gasteiger partial charge < -0.3 is 10.1 Å². The summed E-state index contributed by atoms with van der Waals surface area (Å²) in [5.74, 6) is -0.392. The Balaban J connectivity index is 1.70. The first kappa shape index (κ1) is 18.7. The Morgan fingerprint density at radius 2 is 1.89 bits per heavy atom. The Kier molecular flexibility index (Phi) is 5.19. The van der Waals surface area contributed by atoms with Crippen molar-refractivity contribution in [1.82, 2.24) is 19.9 Å². The predicted octanol–water partition coefficient (Wildman–Crippen LogP) is 3.35. The fourth-order valence-corrected chi connectivity index (χ4v) is 3.63. The maximum Gasteiger partial charge on any atom is 0.150 e. The van der Waals surface area contributed by atoms with Gasteiger partial charge in [0, 0.05) is 54.2 Å². The summed E-state index contributed by atoms with van der Waals surface area (Å²) >= 11 is 0. The molecular formula is C21H24FN5O. The van der Waals surface area contributed by atoms with Gasteiger partial charge in [0.15, 0.2) is 5.82 Å². The van der Waals surface area contributed by atoms with Crippen molar-refractivity contribution in [3.63, 3.8) is 0 Å². The lowest BCUT2D eigenvalue weighted by atomic mass is 10.0. The van der Waals surface area contributed by atoms with E-state index in [9.17, 15) is 4.39 Å². The molecule has 1 N–H and O–H groups in total. The first-order valence-electron chi connectivity index (χ1n) is 9.45. The van der Waals surface area contributed by atoms with E-state index in [1.807, 2.05) is 12.1 Å². The van der Waals surface area contributed by atoms with Crippen molar-refractivity contribution in [1.29, 1.82) is 0 Å². The van der Waals surface area contributed by atoms with E-state index in [-0.39, 0.29) is 5.54 Å². The molecule has 0 bridgehead atoms. The van der Waals surface area contributed by atoms with Crippen LogP contribution in [-0.2, 0) is 4.74 Å². The molecule has 0 atom stereocenters. The molecule has 0 radical (unpaired) electrons. The molecule has 7 heteroatoms. The number of fused-ring (bicyclic) bond motifs is 1. The van der Waals surface area contributed by atoms with E-state index in [2.05, 4.69) is 39.0 Å². The molecule has 146 valence electrons. The third-order valence-corrected chi connectivity index (χ3v) is 4.86. The van der Waals surface area contributed by atoms with Gasteiger partial charge in [-0.15, -0.1) is 0 Å². The van der Waals surface area contributed by atoms with Gasteiger partial charge >= 0.3 is 0 Å². The fourth-order valence-electron chi connectivity index (χ4n) is 3.63. The standard InChI is InChI=1S/C21H24FN5O/c1-21(2,14-27-7-9-28-10-8-27)26-19-11-18(15-3-5-23-12-17(15)22)25-20-13-24-6-4-16(19)20/h3-6,11-13H,7-10,14H2,1-2H3,(H,25,26). The molecule has 4 rings (SSSR count). The van der Waals surface area contributed by atoms with Crippen LogP contribution in [-0.4, -0.2) is 58.2 Å². The van der Waals surface area contributed by atoms with Gasteiger partial charge in [-0.05, 0) is 32.0 Å². The maximum absolute atomic E-state index is 14.3. The van der Waals surface area contributed by atoms with Gasteiger partial charge in [-0.25, -0.2) is 9.37 Å².